The van der Waals surface area contributed by atoms with Crippen LogP contribution in [-0.4, -0.2) is 3.79 Å². The monoisotopic (exact) mass is 231 g/mol. The number of halogens is 3. The molecule has 0 amide bonds. The van der Waals surface area contributed by atoms with Gasteiger partial charge in [-0.3, -0.25) is 0 Å². The standard InChI is InChI=1S/C10H6Cl3/c11-10(12,13)9-6-5-7-3-1-2-4-8(7)9/h2-6,9H. The summed E-state index contributed by atoms with van der Waals surface area (Å²) in [6.45, 7) is 0. The lowest BCUT2D eigenvalue weighted by Crippen LogP contribution is -2.13. The Kier molecular flexibility index (Phi) is 2.31. The Morgan fingerprint density at radius 2 is 2.08 bits per heavy atom. The van der Waals surface area contributed by atoms with E-state index in [2.05, 4.69) is 6.07 Å². The van der Waals surface area contributed by atoms with Crippen LogP contribution in [0.15, 0.2) is 24.3 Å². The molecule has 1 unspecified atom stereocenters. The smallest absolute Gasteiger partial charge is 0.0826 e. The van der Waals surface area contributed by atoms with Crippen molar-refractivity contribution in [1.29, 1.82) is 0 Å². The summed E-state index contributed by atoms with van der Waals surface area (Å²) in [5, 5.41) is 0. The van der Waals surface area contributed by atoms with Gasteiger partial charge in [-0.15, -0.1) is 0 Å². The van der Waals surface area contributed by atoms with Crippen LogP contribution in [-0.2, 0) is 0 Å². The minimum absolute atomic E-state index is 0.137. The number of fused-ring (bicyclic) bond motifs is 1. The first-order valence-corrected chi connectivity index (χ1v) is 4.97. The highest BCUT2D eigenvalue weighted by Crippen LogP contribution is 2.46. The summed E-state index contributed by atoms with van der Waals surface area (Å²) >= 11 is 17.5. The predicted octanol–water partition coefficient (Wildman–Crippen LogP) is 3.97. The molecule has 0 heterocycles. The largest absolute Gasteiger partial charge is 0.200 e. The Hall–Kier alpha value is -0.170. The number of hydrogen-bond acceptors (Lipinski definition) is 0. The average Bonchev–Trinajstić information content (AvgIpc) is 2.45. The normalized spacial score (nSPS) is 20.4. The fourth-order valence-corrected chi connectivity index (χ4v) is 2.04. The van der Waals surface area contributed by atoms with Crippen molar-refractivity contribution in [3.8, 4) is 0 Å². The Labute approximate surface area is 92.1 Å². The van der Waals surface area contributed by atoms with E-state index < -0.39 is 3.79 Å². The highest BCUT2D eigenvalue weighted by Gasteiger charge is 2.35. The van der Waals surface area contributed by atoms with Gasteiger partial charge in [0.2, 0.25) is 3.79 Å². The van der Waals surface area contributed by atoms with E-state index in [0.717, 1.165) is 11.1 Å². The first-order chi connectivity index (χ1) is 6.09. The lowest BCUT2D eigenvalue weighted by Gasteiger charge is -2.19. The van der Waals surface area contributed by atoms with Crippen molar-refractivity contribution in [1.82, 2.24) is 0 Å². The Bertz CT molecular complexity index is 349. The summed E-state index contributed by atoms with van der Waals surface area (Å²) in [6, 6.07) is 8.64. The zero-order chi connectivity index (χ0) is 9.47. The molecule has 67 valence electrons. The number of allylic oxidation sites excluding steroid dienone is 1. The van der Waals surface area contributed by atoms with Gasteiger partial charge in [0, 0.05) is 0 Å². The molecular weight excluding hydrogens is 226 g/mol. The van der Waals surface area contributed by atoms with Crippen LogP contribution in [0.4, 0.5) is 0 Å². The van der Waals surface area contributed by atoms with Gasteiger partial charge in [0.25, 0.3) is 0 Å². The van der Waals surface area contributed by atoms with Crippen LogP contribution in [0, 0.1) is 6.07 Å². The highest BCUT2D eigenvalue weighted by molar-refractivity contribution is 6.68. The molecule has 3 heteroatoms. The number of rotatable bonds is 0. The third-order valence-corrected chi connectivity index (χ3v) is 2.79. The minimum Gasteiger partial charge on any atom is -0.0826 e. The third kappa shape index (κ3) is 1.71. The lowest BCUT2D eigenvalue weighted by atomic mass is 10.0. The number of alkyl halides is 3. The average molecular weight is 233 g/mol. The van der Waals surface area contributed by atoms with E-state index in [1.165, 1.54) is 0 Å². The van der Waals surface area contributed by atoms with Gasteiger partial charge in [0.1, 0.15) is 0 Å². The van der Waals surface area contributed by atoms with Crippen LogP contribution in [0.3, 0.4) is 0 Å². The van der Waals surface area contributed by atoms with Crippen molar-refractivity contribution >= 4 is 40.9 Å². The maximum atomic E-state index is 5.84. The molecule has 0 spiro atoms. The molecule has 1 aromatic carbocycles. The Balaban J connectivity index is 2.45. The van der Waals surface area contributed by atoms with E-state index in [-0.39, 0.29) is 5.92 Å². The van der Waals surface area contributed by atoms with Gasteiger partial charge in [0.15, 0.2) is 0 Å². The van der Waals surface area contributed by atoms with Gasteiger partial charge in [-0.05, 0) is 23.3 Å². The van der Waals surface area contributed by atoms with Crippen molar-refractivity contribution in [3.05, 3.63) is 41.5 Å². The van der Waals surface area contributed by atoms with Crippen molar-refractivity contribution < 1.29 is 0 Å². The zero-order valence-corrected chi connectivity index (χ0v) is 8.87. The molecule has 0 nitrogen and oxygen atoms in total. The van der Waals surface area contributed by atoms with E-state index >= 15 is 0 Å². The van der Waals surface area contributed by atoms with E-state index in [1.54, 1.807) is 0 Å². The molecule has 0 fully saturated rings. The Morgan fingerprint density at radius 1 is 1.31 bits per heavy atom. The van der Waals surface area contributed by atoms with E-state index in [0.29, 0.717) is 0 Å². The maximum absolute atomic E-state index is 5.84. The van der Waals surface area contributed by atoms with Crippen molar-refractivity contribution in [2.24, 2.45) is 0 Å². The fourth-order valence-electron chi connectivity index (χ4n) is 1.47. The highest BCUT2D eigenvalue weighted by atomic mass is 35.6. The second-order valence-corrected chi connectivity index (χ2v) is 5.30. The van der Waals surface area contributed by atoms with Gasteiger partial charge in [0.05, 0.1) is 5.92 Å². The summed E-state index contributed by atoms with van der Waals surface area (Å²) in [4.78, 5) is 0. The summed E-state index contributed by atoms with van der Waals surface area (Å²) in [5.74, 6) is -0.137. The van der Waals surface area contributed by atoms with E-state index in [9.17, 15) is 0 Å². The van der Waals surface area contributed by atoms with Crippen molar-refractivity contribution in [2.45, 2.75) is 9.71 Å². The molecule has 0 aliphatic heterocycles. The molecule has 0 N–H and O–H groups in total. The fraction of sp³-hybridized carbons (Fsp3) is 0.200. The molecule has 0 saturated carbocycles. The van der Waals surface area contributed by atoms with Crippen LogP contribution >= 0.6 is 34.8 Å². The summed E-state index contributed by atoms with van der Waals surface area (Å²) in [6.07, 6.45) is 3.86. The molecule has 1 aliphatic carbocycles. The number of benzene rings is 1. The van der Waals surface area contributed by atoms with Crippen LogP contribution in [0.25, 0.3) is 6.08 Å². The van der Waals surface area contributed by atoms with Gasteiger partial charge in [-0.25, -0.2) is 0 Å². The SMILES string of the molecule is ClC(Cl)(Cl)C1C=Cc2c[c]ccc21. The van der Waals surface area contributed by atoms with Gasteiger partial charge < -0.3 is 0 Å². The summed E-state index contributed by atoms with van der Waals surface area (Å²) in [5.41, 5.74) is 2.14. The van der Waals surface area contributed by atoms with Gasteiger partial charge >= 0.3 is 0 Å². The van der Waals surface area contributed by atoms with E-state index in [4.69, 9.17) is 34.8 Å². The molecule has 1 aromatic rings. The first-order valence-electron chi connectivity index (χ1n) is 3.84. The van der Waals surface area contributed by atoms with Crippen LogP contribution < -0.4 is 0 Å². The maximum Gasteiger partial charge on any atom is 0.200 e. The summed E-state index contributed by atoms with van der Waals surface area (Å²) < 4.78 is -1.26. The lowest BCUT2D eigenvalue weighted by molar-refractivity contribution is 0.892. The molecule has 0 aromatic heterocycles. The Morgan fingerprint density at radius 3 is 2.77 bits per heavy atom. The van der Waals surface area contributed by atoms with E-state index in [1.807, 2.05) is 30.4 Å². The molecular formula is C10H6Cl3. The van der Waals surface area contributed by atoms with Crippen molar-refractivity contribution in [3.63, 3.8) is 0 Å². The molecule has 1 aliphatic rings. The zero-order valence-electron chi connectivity index (χ0n) is 6.60. The quantitative estimate of drug-likeness (QED) is 0.594. The second kappa shape index (κ2) is 3.20. The topological polar surface area (TPSA) is 0 Å². The van der Waals surface area contributed by atoms with Gasteiger partial charge in [-0.1, -0.05) is 59.1 Å². The summed E-state index contributed by atoms with van der Waals surface area (Å²) in [7, 11) is 0. The molecule has 0 saturated heterocycles. The minimum atomic E-state index is -1.26. The number of hydrogen-bond donors (Lipinski definition) is 0. The molecule has 0 bridgehead atoms. The molecule has 1 atom stereocenters. The van der Waals surface area contributed by atoms with Crippen LogP contribution in [0.2, 0.25) is 0 Å². The van der Waals surface area contributed by atoms with Gasteiger partial charge in [-0.2, -0.15) is 0 Å². The third-order valence-electron chi connectivity index (χ3n) is 2.09. The van der Waals surface area contributed by atoms with Crippen LogP contribution in [0.1, 0.15) is 17.0 Å². The second-order valence-electron chi connectivity index (χ2n) is 2.93. The molecule has 2 rings (SSSR count). The molecule has 1 radical (unpaired) electrons. The molecule has 13 heavy (non-hydrogen) atoms. The van der Waals surface area contributed by atoms with Crippen molar-refractivity contribution in [2.75, 3.05) is 0 Å². The first kappa shape index (κ1) is 9.39. The van der Waals surface area contributed by atoms with Crippen LogP contribution in [0.5, 0.6) is 0 Å². The predicted molar refractivity (Wildman–Crippen MR) is 57.3 cm³/mol.